The molecule has 1 aromatic rings. The third kappa shape index (κ3) is 2.31. The maximum Gasteiger partial charge on any atom is 0.219 e. The van der Waals surface area contributed by atoms with Crippen LogP contribution in [0.5, 0.6) is 0 Å². The largest absolute Gasteiger partial charge is 0.339 e. The fraction of sp³-hybridized carbons (Fsp3) is 0.696. The lowest BCUT2D eigenvalue weighted by Crippen LogP contribution is -2.54. The molecule has 1 amide bonds. The summed E-state index contributed by atoms with van der Waals surface area (Å²) in [6.07, 6.45) is 15.3. The van der Waals surface area contributed by atoms with Crippen LogP contribution in [0, 0.1) is 28.6 Å². The molecule has 0 bridgehead atoms. The predicted molar refractivity (Wildman–Crippen MR) is 106 cm³/mol. The highest BCUT2D eigenvalue weighted by atomic mass is 16.2. The number of aromatic nitrogens is 2. The van der Waals surface area contributed by atoms with Gasteiger partial charge in [-0.25, -0.2) is 0 Å². The number of nitrogens with zero attached hydrogens (tertiary/aromatic N) is 3. The summed E-state index contributed by atoms with van der Waals surface area (Å²) in [6.45, 7) is 7.69. The lowest BCUT2D eigenvalue weighted by molar-refractivity contribution is -0.134. The highest BCUT2D eigenvalue weighted by Crippen LogP contribution is 2.66. The third-order valence-corrected chi connectivity index (χ3v) is 8.91. The van der Waals surface area contributed by atoms with Crippen molar-refractivity contribution in [2.75, 3.05) is 6.54 Å². The van der Waals surface area contributed by atoms with Crippen molar-refractivity contribution in [3.05, 3.63) is 30.4 Å². The zero-order chi connectivity index (χ0) is 18.8. The fourth-order valence-electron chi connectivity index (χ4n) is 7.60. The van der Waals surface area contributed by atoms with Gasteiger partial charge in [-0.15, -0.1) is 0 Å². The van der Waals surface area contributed by atoms with Crippen LogP contribution in [-0.4, -0.2) is 33.4 Å². The first-order chi connectivity index (χ1) is 12.9. The molecule has 3 fully saturated rings. The van der Waals surface area contributed by atoms with Crippen LogP contribution in [0.4, 0.5) is 0 Å². The molecule has 0 spiro atoms. The van der Waals surface area contributed by atoms with E-state index in [1.54, 1.807) is 13.1 Å². The van der Waals surface area contributed by atoms with Crippen molar-refractivity contribution in [2.45, 2.75) is 65.3 Å². The van der Waals surface area contributed by atoms with Crippen molar-refractivity contribution in [1.82, 2.24) is 14.9 Å². The van der Waals surface area contributed by atoms with E-state index in [1.807, 2.05) is 12.4 Å². The van der Waals surface area contributed by atoms with E-state index in [2.05, 4.69) is 34.8 Å². The van der Waals surface area contributed by atoms with Crippen molar-refractivity contribution in [2.24, 2.45) is 28.6 Å². The van der Waals surface area contributed by atoms with Crippen LogP contribution in [0.3, 0.4) is 0 Å². The van der Waals surface area contributed by atoms with Gasteiger partial charge in [-0.3, -0.25) is 14.8 Å². The minimum atomic E-state index is 0.235. The number of carbonyl (C=O) groups excluding carboxylic acids is 1. The van der Waals surface area contributed by atoms with Gasteiger partial charge in [0.2, 0.25) is 5.91 Å². The molecule has 1 aliphatic heterocycles. The Morgan fingerprint density at radius 2 is 2.00 bits per heavy atom. The Kier molecular flexibility index (Phi) is 3.80. The highest BCUT2D eigenvalue weighted by molar-refractivity contribution is 5.74. The number of fused-ring (bicyclic) bond motifs is 5. The van der Waals surface area contributed by atoms with Gasteiger partial charge in [0.1, 0.15) is 0 Å². The van der Waals surface area contributed by atoms with E-state index in [4.69, 9.17) is 0 Å². The van der Waals surface area contributed by atoms with Crippen molar-refractivity contribution in [3.63, 3.8) is 0 Å². The smallest absolute Gasteiger partial charge is 0.219 e. The first-order valence-electron chi connectivity index (χ1n) is 10.7. The Hall–Kier alpha value is -1.71. The van der Waals surface area contributed by atoms with Gasteiger partial charge in [-0.1, -0.05) is 19.9 Å². The monoisotopic (exact) mass is 365 g/mol. The molecular formula is C23H31N3O. The molecule has 2 saturated carbocycles. The Balaban J connectivity index is 1.44. The molecule has 1 unspecified atom stereocenters. The van der Waals surface area contributed by atoms with Gasteiger partial charge in [-0.2, -0.15) is 0 Å². The molecule has 4 nitrogen and oxygen atoms in total. The number of amides is 1. The van der Waals surface area contributed by atoms with E-state index in [-0.39, 0.29) is 11.3 Å². The standard InChI is InChI=1S/C23H31N3O/c1-15(27)26-13-10-23(3)18-8-9-22(2)17(16(18)4-7-21(23)26)5-6-19(22)20-14-24-11-12-25-20/h6,11-12,14,16-18,21H,4-5,7-10,13H2,1-3H3/t16-,17-,18-,21?,22-,23+/m0/s1. The summed E-state index contributed by atoms with van der Waals surface area (Å²) in [5, 5.41) is 0. The number of rotatable bonds is 1. The third-order valence-electron chi connectivity index (χ3n) is 8.91. The van der Waals surface area contributed by atoms with Gasteiger partial charge >= 0.3 is 0 Å². The minimum absolute atomic E-state index is 0.235. The quantitative estimate of drug-likeness (QED) is 0.744. The Labute approximate surface area is 162 Å². The second-order valence-electron chi connectivity index (χ2n) is 9.84. The van der Waals surface area contributed by atoms with Gasteiger partial charge in [0.25, 0.3) is 0 Å². The van der Waals surface area contributed by atoms with Crippen molar-refractivity contribution >= 4 is 11.5 Å². The number of likely N-dealkylation sites (tertiary alicyclic amines) is 1. The average Bonchev–Trinajstić information content (AvgIpc) is 3.19. The Morgan fingerprint density at radius 3 is 2.74 bits per heavy atom. The summed E-state index contributed by atoms with van der Waals surface area (Å²) in [5.74, 6) is 2.53. The fourth-order valence-corrected chi connectivity index (χ4v) is 7.60. The first-order valence-corrected chi connectivity index (χ1v) is 10.7. The lowest BCUT2D eigenvalue weighted by atomic mass is 9.48. The number of allylic oxidation sites excluding steroid dienone is 2. The number of hydrogen-bond donors (Lipinski definition) is 0. The molecule has 2 heterocycles. The molecule has 1 saturated heterocycles. The van der Waals surface area contributed by atoms with Gasteiger partial charge in [0.15, 0.2) is 0 Å². The van der Waals surface area contributed by atoms with Crippen LogP contribution in [-0.2, 0) is 4.79 Å². The van der Waals surface area contributed by atoms with Crippen LogP contribution >= 0.6 is 0 Å². The SMILES string of the molecule is CC(=O)N1CC[C@@]2(C)C1CC[C@@H]1[C@@H]2CC[C@]2(C)C(c3cnccn3)=CC[C@@H]12. The number of carbonyl (C=O) groups is 1. The van der Waals surface area contributed by atoms with E-state index >= 15 is 0 Å². The van der Waals surface area contributed by atoms with Crippen LogP contribution < -0.4 is 0 Å². The molecule has 4 aliphatic rings. The molecule has 4 heteroatoms. The molecule has 5 rings (SSSR count). The van der Waals surface area contributed by atoms with E-state index < -0.39 is 0 Å². The molecule has 0 radical (unpaired) electrons. The lowest BCUT2D eigenvalue weighted by Gasteiger charge is -2.57. The van der Waals surface area contributed by atoms with Gasteiger partial charge < -0.3 is 4.90 Å². The second kappa shape index (κ2) is 5.89. The molecule has 3 aliphatic carbocycles. The van der Waals surface area contributed by atoms with Gasteiger partial charge in [0.05, 0.1) is 11.9 Å². The zero-order valence-corrected chi connectivity index (χ0v) is 16.8. The van der Waals surface area contributed by atoms with E-state index in [9.17, 15) is 4.79 Å². The van der Waals surface area contributed by atoms with E-state index in [0.29, 0.717) is 11.5 Å². The second-order valence-corrected chi connectivity index (χ2v) is 9.84. The molecule has 0 aromatic carbocycles. The molecule has 144 valence electrons. The molecule has 0 N–H and O–H groups in total. The summed E-state index contributed by atoms with van der Waals surface area (Å²) in [4.78, 5) is 23.3. The van der Waals surface area contributed by atoms with Gasteiger partial charge in [-0.05, 0) is 72.7 Å². The van der Waals surface area contributed by atoms with Crippen molar-refractivity contribution < 1.29 is 4.79 Å². The molecule has 1 aromatic heterocycles. The molecule has 6 atom stereocenters. The summed E-state index contributed by atoms with van der Waals surface area (Å²) in [5.41, 5.74) is 3.05. The maximum atomic E-state index is 12.1. The molecular weight excluding hydrogens is 334 g/mol. The number of hydrogen-bond acceptors (Lipinski definition) is 3. The van der Waals surface area contributed by atoms with Crippen LogP contribution in [0.1, 0.15) is 65.0 Å². The highest BCUT2D eigenvalue weighted by Gasteiger charge is 2.60. The summed E-state index contributed by atoms with van der Waals surface area (Å²) in [6, 6.07) is 0.467. The Morgan fingerprint density at radius 1 is 1.15 bits per heavy atom. The Bertz CT molecular complexity index is 790. The van der Waals surface area contributed by atoms with Crippen molar-refractivity contribution in [3.8, 4) is 0 Å². The summed E-state index contributed by atoms with van der Waals surface area (Å²) >= 11 is 0. The minimum Gasteiger partial charge on any atom is -0.339 e. The van der Waals surface area contributed by atoms with Crippen LogP contribution in [0.25, 0.3) is 5.57 Å². The van der Waals surface area contributed by atoms with Crippen molar-refractivity contribution in [1.29, 1.82) is 0 Å². The van der Waals surface area contributed by atoms with E-state index in [1.165, 1.54) is 44.1 Å². The average molecular weight is 366 g/mol. The van der Waals surface area contributed by atoms with Crippen LogP contribution in [0.15, 0.2) is 24.7 Å². The summed E-state index contributed by atoms with van der Waals surface area (Å²) < 4.78 is 0. The van der Waals surface area contributed by atoms with Gasteiger partial charge in [0, 0.05) is 31.9 Å². The maximum absolute atomic E-state index is 12.1. The summed E-state index contributed by atoms with van der Waals surface area (Å²) in [7, 11) is 0. The topological polar surface area (TPSA) is 46.1 Å². The zero-order valence-electron chi connectivity index (χ0n) is 16.8. The first kappa shape index (κ1) is 17.4. The van der Waals surface area contributed by atoms with E-state index in [0.717, 1.165) is 30.0 Å². The predicted octanol–water partition coefficient (Wildman–Crippen LogP) is 4.33. The van der Waals surface area contributed by atoms with Crippen LogP contribution in [0.2, 0.25) is 0 Å². The normalized spacial score (nSPS) is 42.9. The molecule has 27 heavy (non-hydrogen) atoms.